The van der Waals surface area contributed by atoms with E-state index in [1.807, 2.05) is 0 Å². The number of β-amino-alcohol motifs (C(OH)–C–C–N with tert-alkyl or cyclic N) is 1. The molecule has 1 aliphatic heterocycles. The number of aliphatic hydroxyl groups excluding tert-OH is 2. The fourth-order valence-electron chi connectivity index (χ4n) is 1.89. The quantitative estimate of drug-likeness (QED) is 0.766. The van der Waals surface area contributed by atoms with Crippen LogP contribution >= 0.6 is 0 Å². The highest BCUT2D eigenvalue weighted by atomic mass is 19.1. The molecule has 16 heavy (non-hydrogen) atoms. The van der Waals surface area contributed by atoms with Crippen molar-refractivity contribution in [3.05, 3.63) is 29.6 Å². The van der Waals surface area contributed by atoms with E-state index in [1.54, 1.807) is 6.07 Å². The van der Waals surface area contributed by atoms with Gasteiger partial charge in [0, 0.05) is 5.56 Å². The highest BCUT2D eigenvalue weighted by Crippen LogP contribution is 2.28. The molecule has 1 aromatic rings. The van der Waals surface area contributed by atoms with Crippen LogP contribution in [-0.2, 0) is 11.4 Å². The van der Waals surface area contributed by atoms with E-state index in [0.29, 0.717) is 5.56 Å². The number of benzene rings is 1. The van der Waals surface area contributed by atoms with Gasteiger partial charge in [-0.25, -0.2) is 4.39 Å². The minimum Gasteiger partial charge on any atom is -0.392 e. The maximum Gasteiger partial charge on any atom is 0.229 e. The molecule has 1 unspecified atom stereocenters. The Balaban J connectivity index is 2.43. The first-order valence-corrected chi connectivity index (χ1v) is 5.00. The van der Waals surface area contributed by atoms with Crippen LogP contribution in [0.2, 0.25) is 0 Å². The Hall–Kier alpha value is -1.46. The van der Waals surface area contributed by atoms with E-state index >= 15 is 0 Å². The van der Waals surface area contributed by atoms with Gasteiger partial charge in [-0.15, -0.1) is 0 Å². The molecule has 2 rings (SSSR count). The SMILES string of the molecule is O=C1CC(O)CN1c1c(F)cccc1CO. The number of nitrogens with zero attached hydrogens (tertiary/aromatic N) is 1. The van der Waals surface area contributed by atoms with Gasteiger partial charge in [-0.3, -0.25) is 4.79 Å². The summed E-state index contributed by atoms with van der Waals surface area (Å²) in [6.07, 6.45) is -0.766. The summed E-state index contributed by atoms with van der Waals surface area (Å²) in [6, 6.07) is 4.25. The third kappa shape index (κ3) is 1.79. The lowest BCUT2D eigenvalue weighted by Crippen LogP contribution is -2.27. The predicted octanol–water partition coefficient (Wildman–Crippen LogP) is 0.416. The smallest absolute Gasteiger partial charge is 0.229 e. The van der Waals surface area contributed by atoms with Crippen LogP contribution in [0.3, 0.4) is 0 Å². The Morgan fingerprint density at radius 3 is 2.81 bits per heavy atom. The van der Waals surface area contributed by atoms with E-state index in [-0.39, 0.29) is 31.2 Å². The van der Waals surface area contributed by atoms with E-state index in [9.17, 15) is 14.3 Å². The molecule has 0 spiro atoms. The van der Waals surface area contributed by atoms with Crippen LogP contribution < -0.4 is 4.90 Å². The van der Waals surface area contributed by atoms with Crippen LogP contribution in [0.5, 0.6) is 0 Å². The van der Waals surface area contributed by atoms with Crippen molar-refractivity contribution < 1.29 is 19.4 Å². The molecule has 1 aliphatic rings. The van der Waals surface area contributed by atoms with Gasteiger partial charge >= 0.3 is 0 Å². The highest BCUT2D eigenvalue weighted by molar-refractivity contribution is 5.96. The first-order valence-electron chi connectivity index (χ1n) is 5.00. The molecule has 1 aromatic carbocycles. The predicted molar refractivity (Wildman–Crippen MR) is 55.3 cm³/mol. The van der Waals surface area contributed by atoms with Gasteiger partial charge in [0.25, 0.3) is 0 Å². The Morgan fingerprint density at radius 2 is 2.25 bits per heavy atom. The standard InChI is InChI=1S/C11H12FNO3/c12-9-3-1-2-7(6-14)11(9)13-5-8(15)4-10(13)16/h1-3,8,14-15H,4-6H2. The topological polar surface area (TPSA) is 60.8 Å². The van der Waals surface area contributed by atoms with E-state index in [4.69, 9.17) is 5.11 Å². The average Bonchev–Trinajstić information content (AvgIpc) is 2.57. The molecule has 86 valence electrons. The molecule has 1 atom stereocenters. The van der Waals surface area contributed by atoms with Gasteiger partial charge in [0.2, 0.25) is 5.91 Å². The molecule has 5 heteroatoms. The molecule has 4 nitrogen and oxygen atoms in total. The van der Waals surface area contributed by atoms with Crippen LogP contribution in [0.25, 0.3) is 0 Å². The Kier molecular flexibility index (Phi) is 2.89. The van der Waals surface area contributed by atoms with E-state index in [2.05, 4.69) is 0 Å². The molecule has 0 radical (unpaired) electrons. The van der Waals surface area contributed by atoms with Crippen molar-refractivity contribution in [1.29, 1.82) is 0 Å². The first kappa shape index (κ1) is 11.0. The van der Waals surface area contributed by atoms with Crippen molar-refractivity contribution in [3.63, 3.8) is 0 Å². The summed E-state index contributed by atoms with van der Waals surface area (Å²) in [4.78, 5) is 12.7. The molecule has 0 aliphatic carbocycles. The van der Waals surface area contributed by atoms with Crippen LogP contribution in [0.15, 0.2) is 18.2 Å². The van der Waals surface area contributed by atoms with E-state index in [0.717, 1.165) is 0 Å². The summed E-state index contributed by atoms with van der Waals surface area (Å²) in [5.41, 5.74) is 0.425. The lowest BCUT2D eigenvalue weighted by atomic mass is 10.1. The number of anilines is 1. The summed E-state index contributed by atoms with van der Waals surface area (Å²) in [7, 11) is 0. The van der Waals surface area contributed by atoms with E-state index < -0.39 is 11.9 Å². The maximum atomic E-state index is 13.6. The van der Waals surface area contributed by atoms with Gasteiger partial charge < -0.3 is 15.1 Å². The zero-order valence-electron chi connectivity index (χ0n) is 8.56. The molecule has 0 saturated carbocycles. The monoisotopic (exact) mass is 225 g/mol. The second-order valence-electron chi connectivity index (χ2n) is 3.77. The van der Waals surface area contributed by atoms with Crippen molar-refractivity contribution in [2.75, 3.05) is 11.4 Å². The molecule has 2 N–H and O–H groups in total. The number of hydrogen-bond acceptors (Lipinski definition) is 3. The molecular weight excluding hydrogens is 213 g/mol. The highest BCUT2D eigenvalue weighted by Gasteiger charge is 2.31. The van der Waals surface area contributed by atoms with Crippen LogP contribution in [0.4, 0.5) is 10.1 Å². The number of para-hydroxylation sites is 1. The van der Waals surface area contributed by atoms with Gasteiger partial charge in [0.1, 0.15) is 5.82 Å². The Labute approximate surface area is 91.9 Å². The summed E-state index contributed by atoms with van der Waals surface area (Å²) in [5.74, 6) is -0.888. The normalized spacial score (nSPS) is 20.6. The fraction of sp³-hybridized carbons (Fsp3) is 0.364. The Bertz CT molecular complexity index is 422. The van der Waals surface area contributed by atoms with Crippen molar-refractivity contribution in [1.82, 2.24) is 0 Å². The number of amides is 1. The number of rotatable bonds is 2. The number of aliphatic hydroxyl groups is 2. The van der Waals surface area contributed by atoms with Crippen molar-refractivity contribution in [2.45, 2.75) is 19.1 Å². The van der Waals surface area contributed by atoms with Crippen LogP contribution in [0.1, 0.15) is 12.0 Å². The van der Waals surface area contributed by atoms with Gasteiger partial charge in [0.05, 0.1) is 31.4 Å². The number of carbonyl (C=O) groups is 1. The summed E-state index contributed by atoms with van der Waals surface area (Å²) in [6.45, 7) is -0.264. The molecule has 0 aromatic heterocycles. The lowest BCUT2D eigenvalue weighted by Gasteiger charge is -2.19. The second kappa shape index (κ2) is 4.19. The van der Waals surface area contributed by atoms with Crippen LogP contribution in [-0.4, -0.2) is 28.8 Å². The Morgan fingerprint density at radius 1 is 1.50 bits per heavy atom. The molecule has 0 bridgehead atoms. The molecule has 1 saturated heterocycles. The third-order valence-electron chi connectivity index (χ3n) is 2.62. The van der Waals surface area contributed by atoms with Crippen LogP contribution in [0, 0.1) is 5.82 Å². The first-order chi connectivity index (χ1) is 7.63. The minimum atomic E-state index is -0.765. The zero-order valence-corrected chi connectivity index (χ0v) is 8.56. The zero-order chi connectivity index (χ0) is 11.7. The van der Waals surface area contributed by atoms with Gasteiger partial charge in [-0.05, 0) is 6.07 Å². The summed E-state index contributed by atoms with van der Waals surface area (Å²) >= 11 is 0. The van der Waals surface area contributed by atoms with Gasteiger partial charge in [-0.2, -0.15) is 0 Å². The van der Waals surface area contributed by atoms with E-state index in [1.165, 1.54) is 17.0 Å². The summed E-state index contributed by atoms with van der Waals surface area (Å²) < 4.78 is 13.6. The number of halogens is 1. The van der Waals surface area contributed by atoms with Crippen molar-refractivity contribution in [3.8, 4) is 0 Å². The number of hydrogen-bond donors (Lipinski definition) is 2. The summed E-state index contributed by atoms with van der Waals surface area (Å²) in [5, 5.41) is 18.4. The lowest BCUT2D eigenvalue weighted by molar-refractivity contribution is -0.117. The second-order valence-corrected chi connectivity index (χ2v) is 3.77. The van der Waals surface area contributed by atoms with Crippen molar-refractivity contribution in [2.24, 2.45) is 0 Å². The average molecular weight is 225 g/mol. The largest absolute Gasteiger partial charge is 0.392 e. The molecular formula is C11H12FNO3. The number of carbonyl (C=O) groups excluding carboxylic acids is 1. The maximum absolute atomic E-state index is 13.6. The van der Waals surface area contributed by atoms with Gasteiger partial charge in [-0.1, -0.05) is 12.1 Å². The third-order valence-corrected chi connectivity index (χ3v) is 2.62. The van der Waals surface area contributed by atoms with Crippen molar-refractivity contribution >= 4 is 11.6 Å². The minimum absolute atomic E-state index is 0.000791. The van der Waals surface area contributed by atoms with Gasteiger partial charge in [0.15, 0.2) is 0 Å². The molecule has 1 fully saturated rings. The molecule has 1 heterocycles. The molecule has 1 amide bonds. The fourth-order valence-corrected chi connectivity index (χ4v) is 1.89.